The van der Waals surface area contributed by atoms with Crippen molar-refractivity contribution in [3.8, 4) is 0 Å². The van der Waals surface area contributed by atoms with Gasteiger partial charge in [-0.15, -0.1) is 0 Å². The van der Waals surface area contributed by atoms with Crippen LogP contribution in [-0.4, -0.2) is 15.7 Å². The molecule has 2 rings (SSSR count). The normalized spacial score (nSPS) is 12.3. The summed E-state index contributed by atoms with van der Waals surface area (Å²) < 4.78 is 16.9. The molecule has 0 aliphatic carbocycles. The van der Waals surface area contributed by atoms with Crippen molar-refractivity contribution >= 4 is 39.8 Å². The van der Waals surface area contributed by atoms with E-state index in [1.54, 1.807) is 18.2 Å². The molecular weight excluding hydrogens is 295 g/mol. The topological polar surface area (TPSA) is 47.3 Å². The van der Waals surface area contributed by atoms with Gasteiger partial charge in [-0.05, 0) is 30.3 Å². The van der Waals surface area contributed by atoms with Gasteiger partial charge in [0.05, 0.1) is 32.9 Å². The molecule has 18 heavy (non-hydrogen) atoms. The summed E-state index contributed by atoms with van der Waals surface area (Å²) in [5.41, 5.74) is 0. The third-order valence-electron chi connectivity index (χ3n) is 2.21. The van der Waals surface area contributed by atoms with Gasteiger partial charge in [0, 0.05) is 4.90 Å². The molecule has 1 atom stereocenters. The summed E-state index contributed by atoms with van der Waals surface area (Å²) in [4.78, 5) is 12.2. The van der Waals surface area contributed by atoms with Crippen molar-refractivity contribution in [3.05, 3.63) is 52.4 Å². The molecule has 94 valence electrons. The van der Waals surface area contributed by atoms with Gasteiger partial charge < -0.3 is 4.42 Å². The van der Waals surface area contributed by atoms with E-state index in [1.807, 2.05) is 0 Å². The molecule has 0 fully saturated rings. The third-order valence-corrected chi connectivity index (χ3v) is 4.26. The number of hydrogen-bond donors (Lipinski definition) is 0. The lowest BCUT2D eigenvalue weighted by Crippen LogP contribution is -2.10. The van der Waals surface area contributed by atoms with E-state index in [2.05, 4.69) is 0 Å². The summed E-state index contributed by atoms with van der Waals surface area (Å²) in [7, 11) is -1.47. The molecule has 1 aromatic carbocycles. The maximum atomic E-state index is 12.0. The van der Waals surface area contributed by atoms with Crippen LogP contribution in [0.4, 0.5) is 0 Å². The van der Waals surface area contributed by atoms with Crippen molar-refractivity contribution in [2.45, 2.75) is 4.90 Å². The van der Waals surface area contributed by atoms with Crippen molar-refractivity contribution in [3.63, 3.8) is 0 Å². The molecule has 1 heterocycles. The average molecular weight is 303 g/mol. The highest BCUT2D eigenvalue weighted by atomic mass is 35.5. The summed E-state index contributed by atoms with van der Waals surface area (Å²) in [5.74, 6) is -0.265. The minimum Gasteiger partial charge on any atom is -0.461 e. The fraction of sp³-hybridized carbons (Fsp3) is 0.0833. The highest BCUT2D eigenvalue weighted by molar-refractivity contribution is 7.85. The molecule has 0 saturated carbocycles. The van der Waals surface area contributed by atoms with Crippen LogP contribution in [0.15, 0.2) is 45.9 Å². The SMILES string of the molecule is O=C(CS(=O)c1ccc(Cl)c(Cl)c1)c1ccco1. The second-order valence-corrected chi connectivity index (χ2v) is 5.73. The average Bonchev–Trinajstić information content (AvgIpc) is 2.86. The zero-order valence-electron chi connectivity index (χ0n) is 9.06. The molecule has 2 aromatic rings. The van der Waals surface area contributed by atoms with Gasteiger partial charge in [-0.3, -0.25) is 9.00 Å². The number of halogens is 2. The standard InChI is InChI=1S/C12H8Cl2O3S/c13-9-4-3-8(6-10(9)14)18(16)7-11(15)12-2-1-5-17-12/h1-6H,7H2. The van der Waals surface area contributed by atoms with E-state index in [1.165, 1.54) is 18.4 Å². The number of hydrogen-bond acceptors (Lipinski definition) is 3. The Kier molecular flexibility index (Phi) is 4.22. The number of rotatable bonds is 4. The largest absolute Gasteiger partial charge is 0.461 e. The van der Waals surface area contributed by atoms with Crippen LogP contribution in [-0.2, 0) is 10.8 Å². The highest BCUT2D eigenvalue weighted by Gasteiger charge is 2.15. The first-order chi connectivity index (χ1) is 8.58. The molecular formula is C12H8Cl2O3S. The fourth-order valence-corrected chi connectivity index (χ4v) is 2.71. The summed E-state index contributed by atoms with van der Waals surface area (Å²) in [6, 6.07) is 7.77. The summed E-state index contributed by atoms with van der Waals surface area (Å²) in [6.45, 7) is 0. The van der Waals surface area contributed by atoms with E-state index in [0.29, 0.717) is 14.9 Å². The molecule has 0 N–H and O–H groups in total. The van der Waals surface area contributed by atoms with Crippen molar-refractivity contribution in [1.29, 1.82) is 0 Å². The quantitative estimate of drug-likeness (QED) is 0.811. The lowest BCUT2D eigenvalue weighted by Gasteiger charge is -2.02. The molecule has 6 heteroatoms. The Labute approximate surface area is 116 Å². The molecule has 0 spiro atoms. The number of benzene rings is 1. The molecule has 0 radical (unpaired) electrons. The number of furan rings is 1. The molecule has 0 saturated heterocycles. The lowest BCUT2D eigenvalue weighted by molar-refractivity contribution is 0.0991. The van der Waals surface area contributed by atoms with Crippen LogP contribution >= 0.6 is 23.2 Å². The van der Waals surface area contributed by atoms with Crippen LogP contribution in [0.2, 0.25) is 10.0 Å². The summed E-state index contributed by atoms with van der Waals surface area (Å²) >= 11 is 11.6. The van der Waals surface area contributed by atoms with Gasteiger partial charge in [-0.1, -0.05) is 23.2 Å². The van der Waals surface area contributed by atoms with Crippen molar-refractivity contribution in [2.75, 3.05) is 5.75 Å². The van der Waals surface area contributed by atoms with Gasteiger partial charge >= 0.3 is 0 Å². The zero-order chi connectivity index (χ0) is 13.1. The van der Waals surface area contributed by atoms with Gasteiger partial charge in [-0.2, -0.15) is 0 Å². The van der Waals surface area contributed by atoms with Crippen molar-refractivity contribution in [1.82, 2.24) is 0 Å². The van der Waals surface area contributed by atoms with Gasteiger partial charge in [-0.25, -0.2) is 0 Å². The maximum Gasteiger partial charge on any atom is 0.210 e. The molecule has 3 nitrogen and oxygen atoms in total. The Morgan fingerprint density at radius 1 is 1.22 bits per heavy atom. The first kappa shape index (κ1) is 13.3. The third kappa shape index (κ3) is 3.02. The van der Waals surface area contributed by atoms with Gasteiger partial charge in [0.1, 0.15) is 0 Å². The number of carbonyl (C=O) groups excluding carboxylic acids is 1. The van der Waals surface area contributed by atoms with Crippen LogP contribution in [0.5, 0.6) is 0 Å². The van der Waals surface area contributed by atoms with Gasteiger partial charge in [0.15, 0.2) is 5.76 Å². The predicted octanol–water partition coefficient (Wildman–Crippen LogP) is 3.58. The molecule has 0 bridgehead atoms. The van der Waals surface area contributed by atoms with E-state index < -0.39 is 10.8 Å². The monoisotopic (exact) mass is 302 g/mol. The molecule has 0 amide bonds. The van der Waals surface area contributed by atoms with Crippen LogP contribution in [0.1, 0.15) is 10.6 Å². The number of Topliss-reactive ketones (excluding diaryl/α,β-unsaturated/α-hetero) is 1. The molecule has 1 unspecified atom stereocenters. The molecule has 1 aromatic heterocycles. The predicted molar refractivity (Wildman–Crippen MR) is 70.8 cm³/mol. The Hall–Kier alpha value is -1.10. The first-order valence-corrected chi connectivity index (χ1v) is 7.05. The van der Waals surface area contributed by atoms with Crippen LogP contribution in [0.25, 0.3) is 0 Å². The Morgan fingerprint density at radius 3 is 2.61 bits per heavy atom. The van der Waals surface area contributed by atoms with Gasteiger partial charge in [0.2, 0.25) is 5.78 Å². The fourth-order valence-electron chi connectivity index (χ4n) is 1.33. The number of ketones is 1. The molecule has 0 aliphatic heterocycles. The first-order valence-electron chi connectivity index (χ1n) is 4.98. The second-order valence-electron chi connectivity index (χ2n) is 3.47. The van der Waals surface area contributed by atoms with E-state index >= 15 is 0 Å². The van der Waals surface area contributed by atoms with Crippen LogP contribution < -0.4 is 0 Å². The summed E-state index contributed by atoms with van der Waals surface area (Å²) in [6.07, 6.45) is 1.40. The smallest absolute Gasteiger partial charge is 0.210 e. The maximum absolute atomic E-state index is 12.0. The van der Waals surface area contributed by atoms with Crippen LogP contribution in [0, 0.1) is 0 Å². The minimum absolute atomic E-state index is 0.147. The number of carbonyl (C=O) groups is 1. The Balaban J connectivity index is 2.12. The lowest BCUT2D eigenvalue weighted by atomic mass is 10.3. The second kappa shape index (κ2) is 5.69. The minimum atomic E-state index is -1.47. The van der Waals surface area contributed by atoms with E-state index in [9.17, 15) is 9.00 Å². The van der Waals surface area contributed by atoms with E-state index in [-0.39, 0.29) is 17.3 Å². The van der Waals surface area contributed by atoms with Crippen molar-refractivity contribution < 1.29 is 13.4 Å². The van der Waals surface area contributed by atoms with Crippen molar-refractivity contribution in [2.24, 2.45) is 0 Å². The summed E-state index contributed by atoms with van der Waals surface area (Å²) in [5, 5.41) is 0.697. The highest BCUT2D eigenvalue weighted by Crippen LogP contribution is 2.24. The van der Waals surface area contributed by atoms with Gasteiger partial charge in [0.25, 0.3) is 0 Å². The van der Waals surface area contributed by atoms with Crippen LogP contribution in [0.3, 0.4) is 0 Å². The zero-order valence-corrected chi connectivity index (χ0v) is 11.4. The van der Waals surface area contributed by atoms with E-state index in [0.717, 1.165) is 0 Å². The Morgan fingerprint density at radius 2 is 2.00 bits per heavy atom. The Bertz CT molecular complexity index is 593. The molecule has 0 aliphatic rings. The van der Waals surface area contributed by atoms with E-state index in [4.69, 9.17) is 27.6 Å².